The normalized spacial score (nSPS) is 11.9. The molecular weight excluding hydrogens is 296 g/mol. The third kappa shape index (κ3) is 3.23. The van der Waals surface area contributed by atoms with Crippen LogP contribution in [0.15, 0.2) is 47.5 Å². The number of H-pyrrole nitrogens is 1. The van der Waals surface area contributed by atoms with Gasteiger partial charge in [-0.2, -0.15) is 4.31 Å². The zero-order valence-corrected chi connectivity index (χ0v) is 12.8. The first kappa shape index (κ1) is 15.1. The molecule has 1 aromatic heterocycles. The van der Waals surface area contributed by atoms with E-state index in [9.17, 15) is 8.42 Å². The van der Waals surface area contributed by atoms with Crippen molar-refractivity contribution in [2.75, 3.05) is 6.54 Å². The minimum absolute atomic E-state index is 0.255. The van der Waals surface area contributed by atoms with Crippen LogP contribution in [0.1, 0.15) is 18.2 Å². The number of rotatable bonds is 6. The number of aromatic amines is 1. The van der Waals surface area contributed by atoms with Crippen molar-refractivity contribution >= 4 is 21.6 Å². The van der Waals surface area contributed by atoms with Gasteiger partial charge in [-0.05, 0) is 11.6 Å². The lowest BCUT2D eigenvalue weighted by Gasteiger charge is -2.19. The average Bonchev–Trinajstić information content (AvgIpc) is 2.95. The van der Waals surface area contributed by atoms with Gasteiger partial charge in [0.2, 0.25) is 10.0 Å². The Morgan fingerprint density at radius 2 is 1.95 bits per heavy atom. The molecule has 0 saturated heterocycles. The number of benzene rings is 1. The Morgan fingerprint density at radius 3 is 2.50 bits per heavy atom. The van der Waals surface area contributed by atoms with Crippen LogP contribution in [0, 0.1) is 0 Å². The van der Waals surface area contributed by atoms with E-state index in [2.05, 4.69) is 4.98 Å². The van der Waals surface area contributed by atoms with Crippen molar-refractivity contribution in [3.05, 3.63) is 53.9 Å². The second-order valence-corrected chi connectivity index (χ2v) is 6.62. The maximum Gasteiger partial charge on any atom is 0.244 e. The first-order valence-corrected chi connectivity index (χ1v) is 8.32. The zero-order valence-electron chi connectivity index (χ0n) is 11.2. The largest absolute Gasteiger partial charge is 0.363 e. The second-order valence-electron chi connectivity index (χ2n) is 4.41. The Labute approximate surface area is 124 Å². The summed E-state index contributed by atoms with van der Waals surface area (Å²) >= 11 is 5.69. The number of hydrogen-bond acceptors (Lipinski definition) is 2. The molecular formula is C14H17ClN2O2S. The highest BCUT2D eigenvalue weighted by molar-refractivity contribution is 7.89. The molecule has 6 heteroatoms. The molecule has 0 spiro atoms. The van der Waals surface area contributed by atoms with Crippen molar-refractivity contribution in [3.63, 3.8) is 0 Å². The van der Waals surface area contributed by atoms with E-state index in [0.29, 0.717) is 18.8 Å². The summed E-state index contributed by atoms with van der Waals surface area (Å²) in [6, 6.07) is 11.1. The van der Waals surface area contributed by atoms with Crippen molar-refractivity contribution < 1.29 is 8.42 Å². The Balaban J connectivity index is 2.25. The van der Waals surface area contributed by atoms with Gasteiger partial charge >= 0.3 is 0 Å². The predicted molar refractivity (Wildman–Crippen MR) is 80.1 cm³/mol. The highest BCUT2D eigenvalue weighted by Gasteiger charge is 2.24. The molecule has 2 rings (SSSR count). The lowest BCUT2D eigenvalue weighted by atomic mass is 10.2. The molecule has 0 saturated carbocycles. The van der Waals surface area contributed by atoms with Gasteiger partial charge in [-0.1, -0.05) is 37.3 Å². The van der Waals surface area contributed by atoms with Gasteiger partial charge in [-0.3, -0.25) is 0 Å². The number of aromatic nitrogens is 1. The van der Waals surface area contributed by atoms with Gasteiger partial charge in [0.05, 0.1) is 10.8 Å². The molecule has 0 amide bonds. The summed E-state index contributed by atoms with van der Waals surface area (Å²) in [5.74, 6) is 0.264. The van der Waals surface area contributed by atoms with E-state index in [-0.39, 0.29) is 10.8 Å². The fraction of sp³-hybridized carbons (Fsp3) is 0.286. The number of sulfonamides is 1. The van der Waals surface area contributed by atoms with Crippen molar-refractivity contribution in [1.29, 1.82) is 0 Å². The van der Waals surface area contributed by atoms with Gasteiger partial charge in [0.1, 0.15) is 0 Å². The van der Waals surface area contributed by atoms with Gasteiger partial charge in [-0.15, -0.1) is 11.6 Å². The molecule has 0 unspecified atom stereocenters. The molecule has 0 aliphatic heterocycles. The monoisotopic (exact) mass is 312 g/mol. The smallest absolute Gasteiger partial charge is 0.244 e. The lowest BCUT2D eigenvalue weighted by Crippen LogP contribution is -2.30. The Bertz CT molecular complexity index is 653. The van der Waals surface area contributed by atoms with Crippen molar-refractivity contribution in [2.45, 2.75) is 24.2 Å². The first-order valence-electron chi connectivity index (χ1n) is 6.35. The number of nitrogens with one attached hydrogen (secondary N) is 1. The van der Waals surface area contributed by atoms with E-state index in [0.717, 1.165) is 5.56 Å². The Morgan fingerprint density at radius 1 is 1.25 bits per heavy atom. The summed E-state index contributed by atoms with van der Waals surface area (Å²) in [7, 11) is -3.50. The van der Waals surface area contributed by atoms with E-state index in [4.69, 9.17) is 11.6 Å². The number of alkyl halides is 1. The molecule has 2 aromatic rings. The highest BCUT2D eigenvalue weighted by atomic mass is 35.5. The second kappa shape index (κ2) is 6.43. The molecule has 0 fully saturated rings. The summed E-state index contributed by atoms with van der Waals surface area (Å²) in [6.45, 7) is 2.61. The van der Waals surface area contributed by atoms with E-state index in [1.54, 1.807) is 6.07 Å². The van der Waals surface area contributed by atoms with Gasteiger partial charge in [-0.25, -0.2) is 8.42 Å². The van der Waals surface area contributed by atoms with Crippen LogP contribution >= 0.6 is 11.6 Å². The molecule has 1 N–H and O–H groups in total. The number of nitrogens with zero attached hydrogens (tertiary/aromatic N) is 1. The lowest BCUT2D eigenvalue weighted by molar-refractivity contribution is 0.423. The predicted octanol–water partition coefficient (Wildman–Crippen LogP) is 2.96. The van der Waals surface area contributed by atoms with Gasteiger partial charge in [0.25, 0.3) is 0 Å². The van der Waals surface area contributed by atoms with Crippen LogP contribution in [0.5, 0.6) is 0 Å². The summed E-state index contributed by atoms with van der Waals surface area (Å²) < 4.78 is 26.6. The summed E-state index contributed by atoms with van der Waals surface area (Å²) in [5, 5.41) is 0. The third-order valence-electron chi connectivity index (χ3n) is 3.05. The average molecular weight is 313 g/mol. The highest BCUT2D eigenvalue weighted by Crippen LogP contribution is 2.19. The van der Waals surface area contributed by atoms with Crippen LogP contribution in [0.4, 0.5) is 0 Å². The topological polar surface area (TPSA) is 53.2 Å². The molecule has 20 heavy (non-hydrogen) atoms. The first-order chi connectivity index (χ1) is 9.57. The van der Waals surface area contributed by atoms with E-state index < -0.39 is 10.0 Å². The van der Waals surface area contributed by atoms with Gasteiger partial charge < -0.3 is 4.98 Å². The summed E-state index contributed by atoms with van der Waals surface area (Å²) in [6.07, 6.45) is 1.49. The van der Waals surface area contributed by atoms with Crippen LogP contribution in [0.3, 0.4) is 0 Å². The molecule has 0 bridgehead atoms. The quantitative estimate of drug-likeness (QED) is 0.834. The van der Waals surface area contributed by atoms with Crippen LogP contribution in [-0.2, 0) is 22.4 Å². The minimum Gasteiger partial charge on any atom is -0.363 e. The standard InChI is InChI=1S/C14H17ClN2O2S/c1-2-17(11-12-6-4-3-5-7-12)20(18,19)14-8-13(9-15)16-10-14/h3-8,10,16H,2,9,11H2,1H3. The van der Waals surface area contributed by atoms with Gasteiger partial charge in [0.15, 0.2) is 0 Å². The van der Waals surface area contributed by atoms with Crippen molar-refractivity contribution in [2.24, 2.45) is 0 Å². The maximum absolute atomic E-state index is 12.6. The molecule has 4 nitrogen and oxygen atoms in total. The molecule has 1 heterocycles. The van der Waals surface area contributed by atoms with Gasteiger partial charge in [0, 0.05) is 25.0 Å². The SMILES string of the molecule is CCN(Cc1ccccc1)S(=O)(=O)c1c[nH]c(CCl)c1. The van der Waals surface area contributed by atoms with Crippen molar-refractivity contribution in [1.82, 2.24) is 9.29 Å². The van der Waals surface area contributed by atoms with Crippen LogP contribution < -0.4 is 0 Å². The van der Waals surface area contributed by atoms with E-state index >= 15 is 0 Å². The van der Waals surface area contributed by atoms with Crippen molar-refractivity contribution in [3.8, 4) is 0 Å². The summed E-state index contributed by atoms with van der Waals surface area (Å²) in [5.41, 5.74) is 1.66. The Kier molecular flexibility index (Phi) is 4.86. The molecule has 0 atom stereocenters. The molecule has 0 aliphatic carbocycles. The Hall–Kier alpha value is -1.30. The van der Waals surface area contributed by atoms with E-state index in [1.165, 1.54) is 10.5 Å². The van der Waals surface area contributed by atoms with Crippen LogP contribution in [0.25, 0.3) is 0 Å². The van der Waals surface area contributed by atoms with Crippen LogP contribution in [-0.4, -0.2) is 24.3 Å². The molecule has 1 aromatic carbocycles. The molecule has 108 valence electrons. The number of hydrogen-bond donors (Lipinski definition) is 1. The van der Waals surface area contributed by atoms with Crippen LogP contribution in [0.2, 0.25) is 0 Å². The fourth-order valence-electron chi connectivity index (χ4n) is 1.95. The minimum atomic E-state index is -3.50. The number of halogens is 1. The zero-order chi connectivity index (χ0) is 14.6. The fourth-order valence-corrected chi connectivity index (χ4v) is 3.56. The molecule has 0 radical (unpaired) electrons. The molecule has 0 aliphatic rings. The van der Waals surface area contributed by atoms with E-state index in [1.807, 2.05) is 37.3 Å². The summed E-state index contributed by atoms with van der Waals surface area (Å²) in [4.78, 5) is 3.12. The third-order valence-corrected chi connectivity index (χ3v) is 5.24. The maximum atomic E-state index is 12.6.